The van der Waals surface area contributed by atoms with Gasteiger partial charge in [0.2, 0.25) is 0 Å². The predicted octanol–water partition coefficient (Wildman–Crippen LogP) is 9.05. The topological polar surface area (TPSA) is 82.8 Å². The molecule has 52 heavy (non-hydrogen) atoms. The molecule has 2 aromatic heterocycles. The van der Waals surface area contributed by atoms with Crippen LogP contribution in [0.4, 0.5) is 26.3 Å². The average molecular weight is 803 g/mol. The third-order valence-electron chi connectivity index (χ3n) is 8.45. The van der Waals surface area contributed by atoms with Crippen LogP contribution in [0.3, 0.4) is 0 Å². The monoisotopic (exact) mass is 801 g/mol. The van der Waals surface area contributed by atoms with E-state index >= 15 is 0 Å². The van der Waals surface area contributed by atoms with Gasteiger partial charge in [-0.05, 0) is 86.8 Å². The second-order valence-corrected chi connectivity index (χ2v) is 15.1. The molecule has 2 aliphatic heterocycles. The zero-order valence-electron chi connectivity index (χ0n) is 27.0. The average Bonchev–Trinajstić information content (AvgIpc) is 3.85. The molecule has 1 N–H and O–H groups in total. The van der Waals surface area contributed by atoms with Crippen molar-refractivity contribution in [3.8, 4) is 28.1 Å². The smallest absolute Gasteiger partial charge is 0.416 e. The molecule has 1 atom stereocenters. The minimum Gasteiger partial charge on any atom is -0.430 e. The molecule has 4 aromatic rings. The Balaban J connectivity index is 1.45. The fraction of sp³-hybridized carbons (Fsp3) is 0.353. The van der Waals surface area contributed by atoms with Gasteiger partial charge < -0.3 is 12.9 Å². The van der Waals surface area contributed by atoms with E-state index in [2.05, 4.69) is 26.7 Å². The summed E-state index contributed by atoms with van der Waals surface area (Å²) >= 11 is 14.0. The molecule has 8 nitrogen and oxygen atoms in total. The van der Waals surface area contributed by atoms with Crippen molar-refractivity contribution in [1.29, 1.82) is 0 Å². The van der Waals surface area contributed by atoms with Crippen LogP contribution in [-0.4, -0.2) is 56.9 Å². The Morgan fingerprint density at radius 1 is 0.962 bits per heavy atom. The number of hydrogen-bond donors (Lipinski definition) is 1. The van der Waals surface area contributed by atoms with Crippen LogP contribution in [0.1, 0.15) is 64.2 Å². The molecule has 0 bridgehead atoms. The maximum atomic E-state index is 13.9. The summed E-state index contributed by atoms with van der Waals surface area (Å²) in [5.41, 5.74) is 3.11. The SMILES string of the molecule is O=C(NN1CCCCC1)c1nn(-c2ccc(Cl)cc2Cl)c(-c2ccc(C#Cc3ccc(C(F)(F)F)cc3)s2)c1CN=[S-](=O)N1CCC[C@@H]1C(F)(F)F. The number of hydrogen-bond acceptors (Lipinski definition) is 7. The standard InChI is InChI=1S/C34H29Cl2F6N6O2S2/c35-23-11-14-27(26(36)19-23)48-31(28-15-13-24(51-28)12-8-21-6-9-22(10-7-21)33(37,38)39)25(30(44-48)32(49)45-46-16-2-1-3-17-46)20-43-52(50)47-18-4-5-29(47)34(40,41)42/h6-7,9-11,13-15,19,29H,1-5,16-18,20H2,(H,45,49)/q-1/t29-/m1/s1. The number of halogens is 8. The largest absolute Gasteiger partial charge is 0.430 e. The first-order chi connectivity index (χ1) is 24.7. The minimum atomic E-state index is -4.60. The van der Waals surface area contributed by atoms with Crippen molar-refractivity contribution in [2.75, 3.05) is 19.6 Å². The number of thiophene rings is 1. The molecule has 0 aliphatic carbocycles. The van der Waals surface area contributed by atoms with Gasteiger partial charge in [0.05, 0.1) is 37.8 Å². The summed E-state index contributed by atoms with van der Waals surface area (Å²) in [4.78, 5) is 14.9. The molecule has 2 aliphatic rings. The number of hydrazine groups is 1. The van der Waals surface area contributed by atoms with E-state index in [9.17, 15) is 35.3 Å². The molecule has 6 rings (SSSR count). The number of carbonyl (C=O) groups excluding carboxylic acids is 1. The third-order valence-corrected chi connectivity index (χ3v) is 11.2. The fourth-order valence-corrected chi connectivity index (χ4v) is 8.44. The molecule has 18 heteroatoms. The highest BCUT2D eigenvalue weighted by molar-refractivity contribution is 7.72. The maximum Gasteiger partial charge on any atom is 0.416 e. The van der Waals surface area contributed by atoms with Gasteiger partial charge in [0.25, 0.3) is 5.91 Å². The van der Waals surface area contributed by atoms with Crippen molar-refractivity contribution in [1.82, 2.24) is 24.5 Å². The molecule has 2 saturated heterocycles. The van der Waals surface area contributed by atoms with E-state index < -0.39 is 47.2 Å². The highest BCUT2D eigenvalue weighted by atomic mass is 35.5. The second-order valence-electron chi connectivity index (χ2n) is 12.0. The van der Waals surface area contributed by atoms with Gasteiger partial charge in [-0.2, -0.15) is 31.4 Å². The van der Waals surface area contributed by atoms with Crippen LogP contribution in [0.2, 0.25) is 10.0 Å². The van der Waals surface area contributed by atoms with Crippen LogP contribution in [0, 0.1) is 11.8 Å². The Morgan fingerprint density at radius 3 is 2.37 bits per heavy atom. The van der Waals surface area contributed by atoms with E-state index in [-0.39, 0.29) is 35.7 Å². The van der Waals surface area contributed by atoms with E-state index in [0.29, 0.717) is 44.8 Å². The number of benzene rings is 2. The number of amides is 1. The molecular formula is C34H29Cl2F6N6O2S2-. The normalized spacial score (nSPS) is 18.0. The van der Waals surface area contributed by atoms with E-state index in [1.165, 1.54) is 34.2 Å². The minimum absolute atomic E-state index is 0.0685. The summed E-state index contributed by atoms with van der Waals surface area (Å²) in [5.74, 6) is 5.19. The summed E-state index contributed by atoms with van der Waals surface area (Å²) in [5, 5.41) is 6.92. The van der Waals surface area contributed by atoms with E-state index in [0.717, 1.165) is 35.7 Å². The van der Waals surface area contributed by atoms with E-state index in [1.54, 1.807) is 29.3 Å². The van der Waals surface area contributed by atoms with Gasteiger partial charge in [-0.1, -0.05) is 41.5 Å². The summed E-state index contributed by atoms with van der Waals surface area (Å²) in [7, 11) is -2.41. The number of nitrogens with one attached hydrogen (secondary N) is 1. The molecule has 0 radical (unpaired) electrons. The first-order valence-corrected chi connectivity index (χ1v) is 18.7. The lowest BCUT2D eigenvalue weighted by Crippen LogP contribution is -2.45. The van der Waals surface area contributed by atoms with Crippen molar-refractivity contribution in [2.45, 2.75) is 57.0 Å². The van der Waals surface area contributed by atoms with Gasteiger partial charge in [-0.15, -0.1) is 22.1 Å². The zero-order valence-corrected chi connectivity index (χ0v) is 30.2. The van der Waals surface area contributed by atoms with Crippen LogP contribution in [0.15, 0.2) is 59.0 Å². The predicted molar refractivity (Wildman–Crippen MR) is 187 cm³/mol. The lowest BCUT2D eigenvalue weighted by atomic mass is 10.1. The van der Waals surface area contributed by atoms with Gasteiger partial charge in [-0.3, -0.25) is 10.2 Å². The first kappa shape index (κ1) is 38.1. The van der Waals surface area contributed by atoms with E-state index in [1.807, 2.05) is 0 Å². The number of aromatic nitrogens is 2. The van der Waals surface area contributed by atoms with Gasteiger partial charge in [0.1, 0.15) is 0 Å². The molecule has 0 saturated carbocycles. The Morgan fingerprint density at radius 2 is 1.69 bits per heavy atom. The van der Waals surface area contributed by atoms with Crippen molar-refractivity contribution in [2.24, 2.45) is 4.36 Å². The Bertz CT molecular complexity index is 2090. The summed E-state index contributed by atoms with van der Waals surface area (Å²) in [6.07, 6.45) is -6.37. The summed E-state index contributed by atoms with van der Waals surface area (Å²) < 4.78 is 100.0. The number of carbonyl (C=O) groups is 1. The quantitative estimate of drug-likeness (QED) is 0.115. The van der Waals surface area contributed by atoms with Crippen molar-refractivity contribution >= 4 is 51.2 Å². The highest BCUT2D eigenvalue weighted by Gasteiger charge is 2.43. The van der Waals surface area contributed by atoms with Crippen LogP contribution >= 0.6 is 34.5 Å². The summed E-state index contributed by atoms with van der Waals surface area (Å²) in [6.45, 7) is 0.694. The first-order valence-electron chi connectivity index (χ1n) is 16.0. The van der Waals surface area contributed by atoms with Gasteiger partial charge in [0, 0.05) is 35.8 Å². The number of piperidine rings is 1. The van der Waals surface area contributed by atoms with Gasteiger partial charge in [0.15, 0.2) is 5.69 Å². The van der Waals surface area contributed by atoms with Crippen molar-refractivity contribution in [3.63, 3.8) is 0 Å². The fourth-order valence-electron chi connectivity index (χ4n) is 5.92. The molecular weight excluding hydrogens is 773 g/mol. The van der Waals surface area contributed by atoms with Gasteiger partial charge >= 0.3 is 12.4 Å². The second kappa shape index (κ2) is 15.8. The van der Waals surface area contributed by atoms with Gasteiger partial charge in [-0.25, -0.2) is 9.69 Å². The molecule has 0 unspecified atom stereocenters. The maximum absolute atomic E-state index is 13.9. The molecule has 276 valence electrons. The van der Waals surface area contributed by atoms with Crippen molar-refractivity contribution < 1.29 is 35.3 Å². The molecule has 4 heterocycles. The molecule has 2 fully saturated rings. The van der Waals surface area contributed by atoms with Crippen LogP contribution in [-0.2, 0) is 27.7 Å². The third kappa shape index (κ3) is 8.78. The molecule has 2 aromatic carbocycles. The van der Waals surface area contributed by atoms with Crippen LogP contribution in [0.5, 0.6) is 0 Å². The zero-order chi connectivity index (χ0) is 37.2. The Labute approximate surface area is 311 Å². The summed E-state index contributed by atoms with van der Waals surface area (Å²) in [6, 6.07) is 10.5. The highest BCUT2D eigenvalue weighted by Crippen LogP contribution is 2.38. The number of rotatable bonds is 7. The number of nitrogens with zero attached hydrogens (tertiary/aromatic N) is 5. The number of alkyl halides is 6. The van der Waals surface area contributed by atoms with E-state index in [4.69, 9.17) is 23.2 Å². The van der Waals surface area contributed by atoms with Crippen LogP contribution < -0.4 is 5.43 Å². The lowest BCUT2D eigenvalue weighted by molar-refractivity contribution is -0.164. The molecule has 1 amide bonds. The molecule has 0 spiro atoms. The van der Waals surface area contributed by atoms with Crippen LogP contribution in [0.25, 0.3) is 16.3 Å². The van der Waals surface area contributed by atoms with Crippen molar-refractivity contribution in [3.05, 3.63) is 91.9 Å². The Kier molecular flexibility index (Phi) is 11.6. The lowest BCUT2D eigenvalue weighted by Gasteiger charge is -2.30. The Hall–Kier alpha value is -3.59.